The number of likely N-dealkylation sites (tertiary alicyclic amines) is 1. The summed E-state index contributed by atoms with van der Waals surface area (Å²) in [5, 5.41) is 3.83. The number of urea groups is 1. The van der Waals surface area contributed by atoms with Crippen LogP contribution in [0.1, 0.15) is 45.6 Å². The van der Waals surface area contributed by atoms with Gasteiger partial charge in [0.2, 0.25) is 0 Å². The van der Waals surface area contributed by atoms with Gasteiger partial charge in [0.15, 0.2) is 0 Å². The molecule has 21 heavy (non-hydrogen) atoms. The van der Waals surface area contributed by atoms with E-state index in [-0.39, 0.29) is 11.4 Å². The van der Waals surface area contributed by atoms with Crippen LogP contribution in [-0.4, -0.2) is 30.1 Å². The fraction of sp³-hybridized carbons (Fsp3) is 0.588. The van der Waals surface area contributed by atoms with Crippen LogP contribution in [0.4, 0.5) is 4.79 Å². The fourth-order valence-electron chi connectivity index (χ4n) is 2.90. The zero-order valence-electron chi connectivity index (χ0n) is 13.2. The zero-order chi connectivity index (χ0) is 15.5. The minimum Gasteiger partial charge on any atom is -0.337 e. The summed E-state index contributed by atoms with van der Waals surface area (Å²) in [6.45, 7) is 7.78. The molecule has 1 aromatic rings. The predicted octanol–water partition coefficient (Wildman–Crippen LogP) is 4.20. The van der Waals surface area contributed by atoms with Gasteiger partial charge >= 0.3 is 6.03 Å². The molecule has 0 aromatic heterocycles. The Morgan fingerprint density at radius 1 is 1.38 bits per heavy atom. The van der Waals surface area contributed by atoms with Crippen molar-refractivity contribution in [2.45, 2.75) is 51.5 Å². The number of carbonyl (C=O) groups is 1. The minimum atomic E-state index is -0.187. The lowest BCUT2D eigenvalue weighted by molar-refractivity contribution is 0.156. The first kappa shape index (κ1) is 16.2. The van der Waals surface area contributed by atoms with Gasteiger partial charge in [-0.15, -0.1) is 0 Å². The molecule has 1 fully saturated rings. The van der Waals surface area contributed by atoms with Crippen molar-refractivity contribution in [3.8, 4) is 0 Å². The van der Waals surface area contributed by atoms with Crippen molar-refractivity contribution in [2.75, 3.05) is 13.1 Å². The summed E-state index contributed by atoms with van der Waals surface area (Å²) < 4.78 is 0. The highest BCUT2D eigenvalue weighted by Crippen LogP contribution is 2.29. The highest BCUT2D eigenvalue weighted by Gasteiger charge is 2.27. The maximum atomic E-state index is 12.4. The summed E-state index contributed by atoms with van der Waals surface area (Å²) in [6, 6.07) is 8.21. The van der Waals surface area contributed by atoms with Crippen LogP contribution < -0.4 is 5.32 Å². The summed E-state index contributed by atoms with van der Waals surface area (Å²) in [7, 11) is 0. The second kappa shape index (κ2) is 6.69. The van der Waals surface area contributed by atoms with Crippen molar-refractivity contribution >= 4 is 17.6 Å². The topological polar surface area (TPSA) is 32.3 Å². The first-order valence-corrected chi connectivity index (χ1v) is 8.09. The SMILES string of the molecule is CC1CCCCN1C(=O)NCC(C)(C)c1ccccc1Cl. The molecule has 0 radical (unpaired) electrons. The number of amides is 2. The number of hydrogen-bond acceptors (Lipinski definition) is 1. The summed E-state index contributed by atoms with van der Waals surface area (Å²) >= 11 is 6.27. The summed E-state index contributed by atoms with van der Waals surface area (Å²) in [5.74, 6) is 0. The van der Waals surface area contributed by atoms with E-state index in [1.807, 2.05) is 29.2 Å². The highest BCUT2D eigenvalue weighted by atomic mass is 35.5. The third-order valence-electron chi connectivity index (χ3n) is 4.35. The van der Waals surface area contributed by atoms with Crippen molar-refractivity contribution in [2.24, 2.45) is 0 Å². The van der Waals surface area contributed by atoms with E-state index < -0.39 is 0 Å². The Morgan fingerprint density at radius 2 is 2.10 bits per heavy atom. The molecule has 1 atom stereocenters. The van der Waals surface area contributed by atoms with Crippen LogP contribution >= 0.6 is 11.6 Å². The second-order valence-electron chi connectivity index (χ2n) is 6.56. The van der Waals surface area contributed by atoms with E-state index in [4.69, 9.17) is 11.6 Å². The molecule has 0 aliphatic carbocycles. The lowest BCUT2D eigenvalue weighted by Gasteiger charge is -2.35. The average molecular weight is 309 g/mol. The Labute approximate surface area is 132 Å². The molecule has 2 rings (SSSR count). The van der Waals surface area contributed by atoms with Crippen LogP contribution in [0.25, 0.3) is 0 Å². The molecular formula is C17H25ClN2O. The number of carbonyl (C=O) groups excluding carboxylic acids is 1. The van der Waals surface area contributed by atoms with Gasteiger partial charge in [0, 0.05) is 29.6 Å². The number of rotatable bonds is 3. The standard InChI is InChI=1S/C17H25ClN2O/c1-13-8-6-7-11-20(13)16(21)19-12-17(2,3)14-9-4-5-10-15(14)18/h4-5,9-10,13H,6-8,11-12H2,1-3H3,(H,19,21). The van der Waals surface area contributed by atoms with Gasteiger partial charge in [-0.2, -0.15) is 0 Å². The van der Waals surface area contributed by atoms with Gasteiger partial charge < -0.3 is 10.2 Å². The molecule has 1 heterocycles. The fourth-order valence-corrected chi connectivity index (χ4v) is 3.29. The van der Waals surface area contributed by atoms with E-state index in [1.165, 1.54) is 6.42 Å². The maximum Gasteiger partial charge on any atom is 0.317 e. The predicted molar refractivity (Wildman–Crippen MR) is 87.9 cm³/mol. The molecule has 0 spiro atoms. The lowest BCUT2D eigenvalue weighted by atomic mass is 9.84. The van der Waals surface area contributed by atoms with Gasteiger partial charge in [0.05, 0.1) is 0 Å². The highest BCUT2D eigenvalue weighted by molar-refractivity contribution is 6.31. The largest absolute Gasteiger partial charge is 0.337 e. The summed E-state index contributed by atoms with van der Waals surface area (Å²) in [4.78, 5) is 14.3. The van der Waals surface area contributed by atoms with E-state index in [2.05, 4.69) is 26.1 Å². The molecule has 116 valence electrons. The number of piperidine rings is 1. The van der Waals surface area contributed by atoms with Gasteiger partial charge in [-0.25, -0.2) is 4.79 Å². The maximum absolute atomic E-state index is 12.4. The molecule has 2 amide bonds. The molecule has 1 N–H and O–H groups in total. The summed E-state index contributed by atoms with van der Waals surface area (Å²) in [5.41, 5.74) is 0.881. The molecule has 1 aliphatic heterocycles. The van der Waals surface area contributed by atoms with Crippen molar-refractivity contribution < 1.29 is 4.79 Å². The number of halogens is 1. The normalized spacial score (nSPS) is 19.4. The number of nitrogens with zero attached hydrogens (tertiary/aromatic N) is 1. The first-order valence-electron chi connectivity index (χ1n) is 7.71. The number of nitrogens with one attached hydrogen (secondary N) is 1. The van der Waals surface area contributed by atoms with Crippen molar-refractivity contribution in [1.29, 1.82) is 0 Å². The van der Waals surface area contributed by atoms with E-state index in [9.17, 15) is 4.79 Å². The molecule has 1 aromatic carbocycles. The van der Waals surface area contributed by atoms with Crippen LogP contribution in [0, 0.1) is 0 Å². The Kier molecular flexibility index (Phi) is 5.15. The van der Waals surface area contributed by atoms with Crippen LogP contribution in [0.5, 0.6) is 0 Å². The van der Waals surface area contributed by atoms with Gasteiger partial charge in [0.25, 0.3) is 0 Å². The Bertz CT molecular complexity index is 501. The zero-order valence-corrected chi connectivity index (χ0v) is 13.9. The molecule has 3 nitrogen and oxygen atoms in total. The van der Waals surface area contributed by atoms with Crippen LogP contribution in [0.2, 0.25) is 5.02 Å². The van der Waals surface area contributed by atoms with Gasteiger partial charge in [-0.1, -0.05) is 43.6 Å². The Hall–Kier alpha value is -1.22. The quantitative estimate of drug-likeness (QED) is 0.891. The Morgan fingerprint density at radius 3 is 2.76 bits per heavy atom. The molecule has 0 bridgehead atoms. The third kappa shape index (κ3) is 3.91. The molecule has 0 saturated carbocycles. The second-order valence-corrected chi connectivity index (χ2v) is 6.97. The van der Waals surface area contributed by atoms with E-state index in [0.29, 0.717) is 12.6 Å². The van der Waals surface area contributed by atoms with E-state index in [1.54, 1.807) is 0 Å². The minimum absolute atomic E-state index is 0.0438. The monoisotopic (exact) mass is 308 g/mol. The van der Waals surface area contributed by atoms with E-state index >= 15 is 0 Å². The van der Waals surface area contributed by atoms with E-state index in [0.717, 1.165) is 30.0 Å². The third-order valence-corrected chi connectivity index (χ3v) is 4.68. The molecule has 1 aliphatic rings. The van der Waals surface area contributed by atoms with Crippen molar-refractivity contribution in [3.63, 3.8) is 0 Å². The average Bonchev–Trinajstić information content (AvgIpc) is 2.45. The van der Waals surface area contributed by atoms with Crippen LogP contribution in [0.3, 0.4) is 0 Å². The molecule has 4 heteroatoms. The molecule has 1 unspecified atom stereocenters. The van der Waals surface area contributed by atoms with Crippen molar-refractivity contribution in [3.05, 3.63) is 34.9 Å². The smallest absolute Gasteiger partial charge is 0.317 e. The Balaban J connectivity index is 1.98. The lowest BCUT2D eigenvalue weighted by Crippen LogP contribution is -2.49. The van der Waals surface area contributed by atoms with Gasteiger partial charge in [-0.3, -0.25) is 0 Å². The molecular weight excluding hydrogens is 284 g/mol. The van der Waals surface area contributed by atoms with Crippen LogP contribution in [-0.2, 0) is 5.41 Å². The van der Waals surface area contributed by atoms with Crippen molar-refractivity contribution in [1.82, 2.24) is 10.2 Å². The number of hydrogen-bond donors (Lipinski definition) is 1. The van der Waals surface area contributed by atoms with Gasteiger partial charge in [-0.05, 0) is 37.8 Å². The number of benzene rings is 1. The first-order chi connectivity index (χ1) is 9.92. The van der Waals surface area contributed by atoms with Gasteiger partial charge in [0.1, 0.15) is 0 Å². The summed E-state index contributed by atoms with van der Waals surface area (Å²) in [6.07, 6.45) is 3.42. The van der Waals surface area contributed by atoms with Crippen LogP contribution in [0.15, 0.2) is 24.3 Å². The molecule has 1 saturated heterocycles.